The molecule has 0 saturated heterocycles. The molecule has 0 atom stereocenters. The van der Waals surface area contributed by atoms with Gasteiger partial charge in [0.25, 0.3) is 0 Å². The number of aromatic nitrogens is 2. The van der Waals surface area contributed by atoms with Crippen molar-refractivity contribution >= 4 is 32.6 Å². The van der Waals surface area contributed by atoms with Gasteiger partial charge in [-0.05, 0) is 54.3 Å². The van der Waals surface area contributed by atoms with Crippen molar-refractivity contribution in [2.24, 2.45) is 0 Å². The van der Waals surface area contributed by atoms with Gasteiger partial charge in [0.1, 0.15) is 0 Å². The Hall–Kier alpha value is -3.83. The van der Waals surface area contributed by atoms with Crippen LogP contribution in [0.1, 0.15) is 33.9 Å². The molecule has 1 amide bonds. The lowest BCUT2D eigenvalue weighted by Gasteiger charge is -2.26. The maximum atomic E-state index is 14.3. The van der Waals surface area contributed by atoms with Crippen molar-refractivity contribution < 1.29 is 4.79 Å². The van der Waals surface area contributed by atoms with Crippen LogP contribution in [0.5, 0.6) is 0 Å². The largest absolute Gasteiger partial charge is 0.281 e. The molecule has 168 valence electrons. The number of rotatable bonds is 6. The van der Waals surface area contributed by atoms with Gasteiger partial charge in [-0.2, -0.15) is 0 Å². The Morgan fingerprint density at radius 1 is 0.853 bits per heavy atom. The topological polar surface area (TPSA) is 46.1 Å². The highest BCUT2D eigenvalue weighted by molar-refractivity contribution is 7.22. The van der Waals surface area contributed by atoms with Crippen LogP contribution in [0.2, 0.25) is 0 Å². The van der Waals surface area contributed by atoms with E-state index in [2.05, 4.69) is 31.0 Å². The van der Waals surface area contributed by atoms with Gasteiger partial charge in [-0.25, -0.2) is 4.98 Å². The summed E-state index contributed by atoms with van der Waals surface area (Å²) in [6.45, 7) is 4.53. The Balaban J connectivity index is 1.64. The zero-order valence-electron chi connectivity index (χ0n) is 19.2. The molecule has 0 aliphatic heterocycles. The van der Waals surface area contributed by atoms with E-state index in [9.17, 15) is 4.79 Å². The van der Waals surface area contributed by atoms with E-state index in [0.717, 1.165) is 32.6 Å². The molecule has 0 radical (unpaired) electrons. The summed E-state index contributed by atoms with van der Waals surface area (Å²) in [5.74, 6) is -0.461. The molecule has 4 nitrogen and oxygen atoms in total. The molecule has 0 N–H and O–H groups in total. The van der Waals surface area contributed by atoms with Crippen LogP contribution in [-0.4, -0.2) is 15.9 Å². The lowest BCUT2D eigenvalue weighted by atomic mass is 9.90. The SMILES string of the molecule is Cc1ccc2sc(N(Cc3ccccn3)C(=O)C(c3ccccc3)c3ccccc3)nc2c1C. The number of hydrogen-bond acceptors (Lipinski definition) is 4. The minimum atomic E-state index is -0.444. The second kappa shape index (κ2) is 9.57. The molecule has 2 aromatic heterocycles. The van der Waals surface area contributed by atoms with E-state index in [4.69, 9.17) is 4.98 Å². The monoisotopic (exact) mass is 463 g/mol. The number of thiazole rings is 1. The van der Waals surface area contributed by atoms with Gasteiger partial charge in [0.15, 0.2) is 5.13 Å². The van der Waals surface area contributed by atoms with E-state index < -0.39 is 5.92 Å². The third-order valence-corrected chi connectivity index (χ3v) is 7.17. The van der Waals surface area contributed by atoms with E-state index in [-0.39, 0.29) is 5.91 Å². The van der Waals surface area contributed by atoms with Gasteiger partial charge in [-0.3, -0.25) is 14.7 Å². The Kier molecular flexibility index (Phi) is 6.19. The van der Waals surface area contributed by atoms with Crippen molar-refractivity contribution in [2.75, 3.05) is 4.90 Å². The molecule has 2 heterocycles. The molecule has 0 unspecified atom stereocenters. The predicted octanol–water partition coefficient (Wildman–Crippen LogP) is 6.67. The molecule has 0 bridgehead atoms. The van der Waals surface area contributed by atoms with Crippen LogP contribution < -0.4 is 4.90 Å². The summed E-state index contributed by atoms with van der Waals surface area (Å²) in [6.07, 6.45) is 1.76. The van der Waals surface area contributed by atoms with E-state index in [1.807, 2.05) is 78.9 Å². The van der Waals surface area contributed by atoms with Crippen LogP contribution in [0.4, 0.5) is 5.13 Å². The minimum Gasteiger partial charge on any atom is -0.281 e. The third kappa shape index (κ3) is 4.35. The molecule has 0 spiro atoms. The number of pyridine rings is 1. The molecule has 0 aliphatic carbocycles. The number of nitrogens with zero attached hydrogens (tertiary/aromatic N) is 3. The van der Waals surface area contributed by atoms with Gasteiger partial charge in [-0.1, -0.05) is 84.1 Å². The number of anilines is 1. The maximum absolute atomic E-state index is 14.3. The molecule has 5 aromatic rings. The predicted molar refractivity (Wildman–Crippen MR) is 139 cm³/mol. The van der Waals surface area contributed by atoms with Gasteiger partial charge in [-0.15, -0.1) is 0 Å². The Morgan fingerprint density at radius 3 is 2.12 bits per heavy atom. The van der Waals surface area contributed by atoms with Gasteiger partial charge in [0.2, 0.25) is 5.91 Å². The van der Waals surface area contributed by atoms with Crippen LogP contribution in [0.3, 0.4) is 0 Å². The molecule has 5 rings (SSSR count). The molecular weight excluding hydrogens is 438 g/mol. The number of hydrogen-bond donors (Lipinski definition) is 0. The Morgan fingerprint density at radius 2 is 1.50 bits per heavy atom. The highest BCUT2D eigenvalue weighted by Crippen LogP contribution is 2.35. The van der Waals surface area contributed by atoms with Crippen molar-refractivity contribution in [1.82, 2.24) is 9.97 Å². The molecule has 34 heavy (non-hydrogen) atoms. The smallest absolute Gasteiger partial charge is 0.241 e. The molecule has 3 aromatic carbocycles. The van der Waals surface area contributed by atoms with Crippen LogP contribution in [0.25, 0.3) is 10.2 Å². The summed E-state index contributed by atoms with van der Waals surface area (Å²) in [4.78, 5) is 25.6. The summed E-state index contributed by atoms with van der Waals surface area (Å²) in [7, 11) is 0. The summed E-state index contributed by atoms with van der Waals surface area (Å²) in [5, 5.41) is 0.691. The number of fused-ring (bicyclic) bond motifs is 1. The van der Waals surface area contributed by atoms with Crippen molar-refractivity contribution in [3.63, 3.8) is 0 Å². The first-order valence-corrected chi connectivity index (χ1v) is 12.1. The lowest BCUT2D eigenvalue weighted by molar-refractivity contribution is -0.119. The van der Waals surface area contributed by atoms with Crippen molar-refractivity contribution in [3.05, 3.63) is 125 Å². The van der Waals surface area contributed by atoms with Crippen molar-refractivity contribution in [2.45, 2.75) is 26.3 Å². The average molecular weight is 464 g/mol. The highest BCUT2D eigenvalue weighted by Gasteiger charge is 2.30. The Labute approximate surface area is 203 Å². The molecule has 0 aliphatic rings. The normalized spacial score (nSPS) is 11.1. The number of aryl methyl sites for hydroxylation is 2. The van der Waals surface area contributed by atoms with E-state index in [1.54, 1.807) is 22.4 Å². The molecular formula is C29H25N3OS. The fraction of sp³-hybridized carbons (Fsp3) is 0.138. The number of amides is 1. The van der Waals surface area contributed by atoms with Crippen LogP contribution >= 0.6 is 11.3 Å². The van der Waals surface area contributed by atoms with Crippen molar-refractivity contribution in [3.8, 4) is 0 Å². The molecule has 0 fully saturated rings. The fourth-order valence-corrected chi connectivity index (χ4v) is 5.18. The standard InChI is InChI=1S/C29H25N3OS/c1-20-16-17-25-27(21(20)2)31-29(34-25)32(19-24-15-9-10-18-30-24)28(33)26(22-11-5-3-6-12-22)23-13-7-4-8-14-23/h3-18,26H,19H2,1-2H3. The van der Waals surface area contributed by atoms with Gasteiger partial charge in [0, 0.05) is 6.20 Å². The van der Waals surface area contributed by atoms with Gasteiger partial charge >= 0.3 is 0 Å². The van der Waals surface area contributed by atoms with E-state index >= 15 is 0 Å². The zero-order chi connectivity index (χ0) is 23.5. The first kappa shape index (κ1) is 22.0. The van der Waals surface area contributed by atoms with Crippen LogP contribution in [-0.2, 0) is 11.3 Å². The fourth-order valence-electron chi connectivity index (χ4n) is 4.15. The zero-order valence-corrected chi connectivity index (χ0v) is 20.0. The molecule has 0 saturated carbocycles. The molecule has 5 heteroatoms. The summed E-state index contributed by atoms with van der Waals surface area (Å²) < 4.78 is 1.08. The highest BCUT2D eigenvalue weighted by atomic mass is 32.1. The second-order valence-corrected chi connectivity index (χ2v) is 9.36. The van der Waals surface area contributed by atoms with Gasteiger partial charge in [0.05, 0.1) is 28.4 Å². The Bertz CT molecular complexity index is 1380. The quantitative estimate of drug-likeness (QED) is 0.282. The van der Waals surface area contributed by atoms with E-state index in [1.165, 1.54) is 5.56 Å². The van der Waals surface area contributed by atoms with Crippen molar-refractivity contribution in [1.29, 1.82) is 0 Å². The minimum absolute atomic E-state index is 0.0171. The van der Waals surface area contributed by atoms with Crippen LogP contribution in [0, 0.1) is 13.8 Å². The van der Waals surface area contributed by atoms with Gasteiger partial charge < -0.3 is 0 Å². The third-order valence-electron chi connectivity index (χ3n) is 6.13. The number of carbonyl (C=O) groups is 1. The first-order chi connectivity index (χ1) is 16.6. The lowest BCUT2D eigenvalue weighted by Crippen LogP contribution is -2.35. The number of benzene rings is 3. The van der Waals surface area contributed by atoms with Crippen LogP contribution in [0.15, 0.2) is 97.2 Å². The first-order valence-electron chi connectivity index (χ1n) is 11.3. The maximum Gasteiger partial charge on any atom is 0.241 e. The number of carbonyl (C=O) groups excluding carboxylic acids is 1. The summed E-state index contributed by atoms with van der Waals surface area (Å²) >= 11 is 1.55. The average Bonchev–Trinajstić information content (AvgIpc) is 3.32. The summed E-state index contributed by atoms with van der Waals surface area (Å²) in [6, 6.07) is 29.9. The van der Waals surface area contributed by atoms with E-state index in [0.29, 0.717) is 11.7 Å². The summed E-state index contributed by atoms with van der Waals surface area (Å²) in [5.41, 5.74) is 6.03. The second-order valence-electron chi connectivity index (χ2n) is 8.35.